The van der Waals surface area contributed by atoms with E-state index in [0.29, 0.717) is 17.0 Å². The molecule has 19 heavy (non-hydrogen) atoms. The van der Waals surface area contributed by atoms with Crippen LogP contribution in [0.4, 0.5) is 0 Å². The fraction of sp³-hybridized carbons (Fsp3) is 0.462. The van der Waals surface area contributed by atoms with E-state index in [0.717, 1.165) is 12.8 Å². The van der Waals surface area contributed by atoms with E-state index in [4.69, 9.17) is 10.7 Å². The Hall–Kier alpha value is -1.07. The number of aryl methyl sites for hydroxylation is 1. The molecule has 0 radical (unpaired) electrons. The molecule has 6 heteroatoms. The zero-order chi connectivity index (χ0) is 14.2. The minimum atomic E-state index is -3.83. The maximum absolute atomic E-state index is 12.0. The highest BCUT2D eigenvalue weighted by Gasteiger charge is 2.29. The Morgan fingerprint density at radius 3 is 2.58 bits per heavy atom. The van der Waals surface area contributed by atoms with Gasteiger partial charge in [-0.25, -0.2) is 8.42 Å². The Bertz CT molecular complexity index is 608. The molecule has 1 aromatic carbocycles. The summed E-state index contributed by atoms with van der Waals surface area (Å²) in [7, 11) is 1.52. The molecule has 1 aliphatic carbocycles. The average Bonchev–Trinajstić information content (AvgIpc) is 3.11. The van der Waals surface area contributed by atoms with E-state index >= 15 is 0 Å². The Morgan fingerprint density at radius 2 is 2.05 bits per heavy atom. The van der Waals surface area contributed by atoms with Crippen LogP contribution in [0, 0.1) is 12.8 Å². The van der Waals surface area contributed by atoms with Gasteiger partial charge in [0.1, 0.15) is 0 Å². The first-order valence-corrected chi connectivity index (χ1v) is 8.46. The maximum atomic E-state index is 12.0. The van der Waals surface area contributed by atoms with Gasteiger partial charge in [0.05, 0.1) is 4.90 Å². The van der Waals surface area contributed by atoms with Crippen molar-refractivity contribution in [2.75, 3.05) is 0 Å². The Morgan fingerprint density at radius 1 is 1.42 bits per heavy atom. The lowest BCUT2D eigenvalue weighted by atomic mass is 10.1. The fourth-order valence-corrected chi connectivity index (χ4v) is 3.23. The topological polar surface area (TPSA) is 63.2 Å². The third-order valence-corrected chi connectivity index (χ3v) is 4.86. The van der Waals surface area contributed by atoms with E-state index in [9.17, 15) is 13.2 Å². The summed E-state index contributed by atoms with van der Waals surface area (Å²) in [4.78, 5) is 12.0. The second kappa shape index (κ2) is 5.13. The van der Waals surface area contributed by atoms with E-state index in [2.05, 4.69) is 5.32 Å². The number of hydrogen-bond acceptors (Lipinski definition) is 3. The molecule has 4 nitrogen and oxygen atoms in total. The predicted molar refractivity (Wildman–Crippen MR) is 73.9 cm³/mol. The molecular formula is C13H16ClNO3S. The molecule has 0 aromatic heterocycles. The Balaban J connectivity index is 2.22. The average molecular weight is 302 g/mol. The van der Waals surface area contributed by atoms with Gasteiger partial charge >= 0.3 is 0 Å². The summed E-state index contributed by atoms with van der Waals surface area (Å²) in [6, 6.07) is 4.64. The quantitative estimate of drug-likeness (QED) is 0.869. The molecule has 1 amide bonds. The molecule has 0 aliphatic heterocycles. The number of carbonyl (C=O) groups excluding carboxylic acids is 1. The molecule has 2 rings (SSSR count). The predicted octanol–water partition coefficient (Wildman–Crippen LogP) is 2.45. The Kier molecular flexibility index (Phi) is 3.87. The molecular weight excluding hydrogens is 286 g/mol. The van der Waals surface area contributed by atoms with Crippen molar-refractivity contribution in [3.8, 4) is 0 Å². The normalized spacial score (nSPS) is 17.0. The van der Waals surface area contributed by atoms with Crippen molar-refractivity contribution in [3.63, 3.8) is 0 Å². The highest BCUT2D eigenvalue weighted by Crippen LogP contribution is 2.32. The minimum absolute atomic E-state index is 0.0131. The van der Waals surface area contributed by atoms with Crippen LogP contribution in [0.3, 0.4) is 0 Å². The molecule has 0 bridgehead atoms. The number of carbonyl (C=O) groups is 1. The molecule has 1 N–H and O–H groups in total. The van der Waals surface area contributed by atoms with Crippen molar-refractivity contribution >= 4 is 25.6 Å². The number of halogens is 1. The number of benzene rings is 1. The molecule has 1 atom stereocenters. The second-order valence-corrected chi connectivity index (χ2v) is 7.55. The summed E-state index contributed by atoms with van der Waals surface area (Å²) in [5.41, 5.74) is 0.846. The van der Waals surface area contributed by atoms with Gasteiger partial charge in [-0.05, 0) is 50.3 Å². The van der Waals surface area contributed by atoms with Crippen LogP contribution in [0.1, 0.15) is 35.7 Å². The minimum Gasteiger partial charge on any atom is -0.349 e. The maximum Gasteiger partial charge on any atom is 0.261 e. The summed E-state index contributed by atoms with van der Waals surface area (Å²) in [5.74, 6) is 0.284. The van der Waals surface area contributed by atoms with Crippen molar-refractivity contribution in [1.82, 2.24) is 5.32 Å². The van der Waals surface area contributed by atoms with Crippen LogP contribution >= 0.6 is 10.7 Å². The largest absolute Gasteiger partial charge is 0.349 e. The third-order valence-electron chi connectivity index (χ3n) is 3.40. The lowest BCUT2D eigenvalue weighted by molar-refractivity contribution is 0.0935. The van der Waals surface area contributed by atoms with Crippen LogP contribution in [0.2, 0.25) is 0 Å². The molecule has 104 valence electrons. The van der Waals surface area contributed by atoms with Gasteiger partial charge in [0.25, 0.3) is 15.0 Å². The molecule has 1 fully saturated rings. The van der Waals surface area contributed by atoms with Crippen LogP contribution in [0.5, 0.6) is 0 Å². The highest BCUT2D eigenvalue weighted by atomic mass is 35.7. The first-order chi connectivity index (χ1) is 8.79. The van der Waals surface area contributed by atoms with Gasteiger partial charge in [-0.15, -0.1) is 0 Å². The lowest BCUT2D eigenvalue weighted by Gasteiger charge is -2.13. The zero-order valence-corrected chi connectivity index (χ0v) is 12.4. The summed E-state index contributed by atoms with van der Waals surface area (Å²) in [5, 5.41) is 2.88. The summed E-state index contributed by atoms with van der Waals surface area (Å²) >= 11 is 0. The molecule has 1 saturated carbocycles. The van der Waals surface area contributed by atoms with Crippen molar-refractivity contribution in [2.24, 2.45) is 5.92 Å². The molecule has 0 spiro atoms. The van der Waals surface area contributed by atoms with Gasteiger partial charge in [0, 0.05) is 22.3 Å². The van der Waals surface area contributed by atoms with Crippen LogP contribution < -0.4 is 5.32 Å². The lowest BCUT2D eigenvalue weighted by Crippen LogP contribution is -2.34. The number of nitrogens with one attached hydrogen (secondary N) is 1. The number of rotatable bonds is 4. The summed E-state index contributed by atoms with van der Waals surface area (Å²) < 4.78 is 22.8. The van der Waals surface area contributed by atoms with E-state index in [1.54, 1.807) is 19.1 Å². The summed E-state index contributed by atoms with van der Waals surface area (Å²) in [6.45, 7) is 3.60. The highest BCUT2D eigenvalue weighted by molar-refractivity contribution is 8.13. The number of amides is 1. The number of hydrogen-bond donors (Lipinski definition) is 1. The van der Waals surface area contributed by atoms with Crippen LogP contribution in [0.15, 0.2) is 23.1 Å². The first-order valence-electron chi connectivity index (χ1n) is 6.15. The van der Waals surface area contributed by atoms with E-state index in [1.165, 1.54) is 6.07 Å². The van der Waals surface area contributed by atoms with E-state index in [1.807, 2.05) is 6.92 Å². The third kappa shape index (κ3) is 3.48. The molecule has 1 aliphatic rings. The van der Waals surface area contributed by atoms with Crippen LogP contribution in [0.25, 0.3) is 0 Å². The molecule has 1 aromatic rings. The van der Waals surface area contributed by atoms with Gasteiger partial charge in [-0.2, -0.15) is 0 Å². The fourth-order valence-electron chi connectivity index (χ4n) is 2.01. The van der Waals surface area contributed by atoms with Gasteiger partial charge in [-0.1, -0.05) is 6.07 Å². The summed E-state index contributed by atoms with van der Waals surface area (Å²) in [6.07, 6.45) is 2.27. The molecule has 0 heterocycles. The Labute approximate surface area is 117 Å². The van der Waals surface area contributed by atoms with E-state index in [-0.39, 0.29) is 16.8 Å². The van der Waals surface area contributed by atoms with Crippen LogP contribution in [-0.2, 0) is 9.05 Å². The van der Waals surface area contributed by atoms with Crippen molar-refractivity contribution in [2.45, 2.75) is 37.6 Å². The van der Waals surface area contributed by atoms with Crippen molar-refractivity contribution in [3.05, 3.63) is 29.3 Å². The molecule has 1 unspecified atom stereocenters. The van der Waals surface area contributed by atoms with E-state index < -0.39 is 9.05 Å². The monoisotopic (exact) mass is 301 g/mol. The zero-order valence-electron chi connectivity index (χ0n) is 10.8. The van der Waals surface area contributed by atoms with Gasteiger partial charge in [-0.3, -0.25) is 4.79 Å². The standard InChI is InChI=1S/C13H16ClNO3S/c1-8-3-4-11(7-12(8)19(14,17)18)13(16)15-9(2)10-5-6-10/h3-4,7,9-10H,5-6H2,1-2H3,(H,15,16). The smallest absolute Gasteiger partial charge is 0.261 e. The second-order valence-electron chi connectivity index (χ2n) is 5.02. The van der Waals surface area contributed by atoms with Crippen molar-refractivity contribution < 1.29 is 13.2 Å². The van der Waals surface area contributed by atoms with Crippen molar-refractivity contribution in [1.29, 1.82) is 0 Å². The van der Waals surface area contributed by atoms with Crippen LogP contribution in [-0.4, -0.2) is 20.4 Å². The van der Waals surface area contributed by atoms with Gasteiger partial charge in [0.15, 0.2) is 0 Å². The SMILES string of the molecule is Cc1ccc(C(=O)NC(C)C2CC2)cc1S(=O)(=O)Cl. The molecule has 0 saturated heterocycles. The van der Waals surface area contributed by atoms with Gasteiger partial charge in [0.2, 0.25) is 0 Å². The first kappa shape index (κ1) is 14.3. The van der Waals surface area contributed by atoms with Gasteiger partial charge < -0.3 is 5.32 Å².